The summed E-state index contributed by atoms with van der Waals surface area (Å²) in [5.41, 5.74) is 1.62. The van der Waals surface area contributed by atoms with Crippen molar-refractivity contribution in [2.24, 2.45) is 5.14 Å². The van der Waals surface area contributed by atoms with Gasteiger partial charge in [0.2, 0.25) is 5.91 Å². The summed E-state index contributed by atoms with van der Waals surface area (Å²) in [6.45, 7) is 0. The second-order valence-electron chi connectivity index (χ2n) is 8.66. The molecule has 15 heteroatoms. The van der Waals surface area contributed by atoms with Crippen molar-refractivity contribution in [1.82, 2.24) is 15.6 Å². The average Bonchev–Trinajstić information content (AvgIpc) is 3.36. The predicted octanol–water partition coefficient (Wildman–Crippen LogP) is 3.59. The fourth-order valence-electron chi connectivity index (χ4n) is 3.65. The number of aromatic nitrogens is 1. The number of alkyl carbamates (subject to hydrolysis) is 1. The molecule has 0 aliphatic rings. The van der Waals surface area contributed by atoms with E-state index < -0.39 is 47.0 Å². The van der Waals surface area contributed by atoms with Crippen molar-refractivity contribution in [3.05, 3.63) is 81.8 Å². The highest BCUT2D eigenvalue weighted by molar-refractivity contribution is 7.84. The maximum atomic E-state index is 13.4. The fourth-order valence-corrected chi connectivity index (χ4v) is 4.93. The van der Waals surface area contributed by atoms with Crippen molar-refractivity contribution in [3.8, 4) is 5.75 Å². The van der Waals surface area contributed by atoms with Crippen LogP contribution in [0.1, 0.15) is 34.3 Å². The van der Waals surface area contributed by atoms with E-state index in [1.807, 2.05) is 0 Å². The molecule has 1 heterocycles. The van der Waals surface area contributed by atoms with Crippen LogP contribution in [0.4, 0.5) is 18.0 Å². The molecule has 2 aromatic carbocycles. The van der Waals surface area contributed by atoms with Crippen LogP contribution in [0.3, 0.4) is 0 Å². The molecule has 0 aliphatic heterocycles. The molecule has 2 unspecified atom stereocenters. The van der Waals surface area contributed by atoms with Gasteiger partial charge in [-0.3, -0.25) is 4.79 Å². The van der Waals surface area contributed by atoms with E-state index in [9.17, 15) is 31.2 Å². The first-order valence-corrected chi connectivity index (χ1v) is 14.2. The van der Waals surface area contributed by atoms with Gasteiger partial charge in [0.15, 0.2) is 0 Å². The Labute approximate surface area is 233 Å². The second kappa shape index (κ2) is 13.6. The molecule has 216 valence electrons. The number of nitrogens with zero attached hydrogens (tertiary/aromatic N) is 1. The third-order valence-electron chi connectivity index (χ3n) is 5.50. The lowest BCUT2D eigenvalue weighted by atomic mass is 10.0. The number of carbonyl (C=O) groups excluding carboxylic acids is 2. The third-order valence-corrected chi connectivity index (χ3v) is 6.93. The molecule has 40 heavy (non-hydrogen) atoms. The molecule has 0 aliphatic carbocycles. The number of hydrogen-bond acceptors (Lipinski definition) is 8. The highest BCUT2D eigenvalue weighted by atomic mass is 32.2. The summed E-state index contributed by atoms with van der Waals surface area (Å²) in [5.74, 6) is -0.596. The standard InChI is InChI=1S/C25H27F3N4O6S2/c1-37-24(34)32-20(13-16-5-3-2-4-6-16)22(33)31-21(23-30-18(15-39-23)11-12-25(26,27)28)14-17-7-9-19(10-8-17)38-40(29,35)36/h2-10,15,20-21H,11-14H2,1H3,(H,31,33)(H,32,34)(H2,29,35,36). The molecule has 0 saturated heterocycles. The lowest BCUT2D eigenvalue weighted by Crippen LogP contribution is -2.49. The van der Waals surface area contributed by atoms with Gasteiger partial charge in [0.1, 0.15) is 16.8 Å². The van der Waals surface area contributed by atoms with Crippen molar-refractivity contribution in [2.75, 3.05) is 7.11 Å². The number of thiazole rings is 1. The first-order chi connectivity index (χ1) is 18.8. The van der Waals surface area contributed by atoms with Gasteiger partial charge in [-0.15, -0.1) is 11.3 Å². The molecule has 0 saturated carbocycles. The van der Waals surface area contributed by atoms with Gasteiger partial charge in [-0.2, -0.15) is 26.7 Å². The Bertz CT molecular complexity index is 1380. The average molecular weight is 601 g/mol. The molecule has 10 nitrogen and oxygen atoms in total. The Morgan fingerprint density at radius 2 is 1.68 bits per heavy atom. The fraction of sp³-hybridized carbons (Fsp3) is 0.320. The molecule has 0 spiro atoms. The Kier molecular flexibility index (Phi) is 10.5. The van der Waals surface area contributed by atoms with Crippen molar-refractivity contribution in [1.29, 1.82) is 0 Å². The van der Waals surface area contributed by atoms with Crippen molar-refractivity contribution in [2.45, 2.75) is 43.9 Å². The van der Waals surface area contributed by atoms with Gasteiger partial charge in [-0.1, -0.05) is 42.5 Å². The number of alkyl halides is 3. The zero-order valence-corrected chi connectivity index (χ0v) is 22.8. The summed E-state index contributed by atoms with van der Waals surface area (Å²) in [6.07, 6.45) is -6.24. The number of halogens is 3. The Morgan fingerprint density at radius 3 is 2.27 bits per heavy atom. The van der Waals surface area contributed by atoms with Gasteiger partial charge in [-0.25, -0.2) is 9.78 Å². The maximum Gasteiger partial charge on any atom is 0.407 e. The first kappa shape index (κ1) is 30.8. The van der Waals surface area contributed by atoms with E-state index in [1.54, 1.807) is 42.5 Å². The largest absolute Gasteiger partial charge is 0.453 e. The molecule has 0 radical (unpaired) electrons. The van der Waals surface area contributed by atoms with Crippen LogP contribution in [0, 0.1) is 0 Å². The molecule has 3 rings (SSSR count). The van der Waals surface area contributed by atoms with E-state index in [1.165, 1.54) is 17.5 Å². The number of hydrogen-bond donors (Lipinski definition) is 3. The summed E-state index contributed by atoms with van der Waals surface area (Å²) >= 11 is 1.09. The number of aryl methyl sites for hydroxylation is 1. The molecule has 3 aromatic rings. The number of amides is 2. The highest BCUT2D eigenvalue weighted by Crippen LogP contribution is 2.27. The van der Waals surface area contributed by atoms with Crippen LogP contribution < -0.4 is 20.0 Å². The number of benzene rings is 2. The molecule has 4 N–H and O–H groups in total. The quantitative estimate of drug-likeness (QED) is 0.288. The molecule has 0 fully saturated rings. The van der Waals surface area contributed by atoms with Gasteiger partial charge in [0, 0.05) is 18.2 Å². The van der Waals surface area contributed by atoms with Gasteiger partial charge >= 0.3 is 22.6 Å². The van der Waals surface area contributed by atoms with Crippen LogP contribution in [0.2, 0.25) is 0 Å². The van der Waals surface area contributed by atoms with Crippen LogP contribution in [0.15, 0.2) is 60.0 Å². The Balaban J connectivity index is 1.85. The first-order valence-electron chi connectivity index (χ1n) is 11.8. The summed E-state index contributed by atoms with van der Waals surface area (Å²) in [4.78, 5) is 29.7. The minimum atomic E-state index is -4.34. The SMILES string of the molecule is COC(=O)NC(Cc1ccccc1)C(=O)NC(Cc1ccc(OS(N)(=O)=O)cc1)c1nc(CCC(F)(F)F)cs1. The van der Waals surface area contributed by atoms with Crippen molar-refractivity contribution >= 4 is 33.6 Å². The van der Waals surface area contributed by atoms with E-state index in [0.717, 1.165) is 24.0 Å². The van der Waals surface area contributed by atoms with Gasteiger partial charge in [0.25, 0.3) is 0 Å². The summed E-state index contributed by atoms with van der Waals surface area (Å²) in [7, 11) is -3.06. The van der Waals surface area contributed by atoms with Gasteiger partial charge < -0.3 is 19.6 Å². The number of nitrogens with one attached hydrogen (secondary N) is 2. The lowest BCUT2D eigenvalue weighted by molar-refractivity contribution is -0.134. The summed E-state index contributed by atoms with van der Waals surface area (Å²) in [6, 6.07) is 13.0. The number of carbonyl (C=O) groups is 2. The van der Waals surface area contributed by atoms with Gasteiger partial charge in [-0.05, 0) is 36.1 Å². The van der Waals surface area contributed by atoms with E-state index >= 15 is 0 Å². The lowest BCUT2D eigenvalue weighted by Gasteiger charge is -2.22. The van der Waals surface area contributed by atoms with Crippen LogP contribution in [-0.2, 0) is 39.1 Å². The normalized spacial score (nSPS) is 13.2. The molecular weight excluding hydrogens is 573 g/mol. The minimum absolute atomic E-state index is 0.0271. The van der Waals surface area contributed by atoms with Crippen LogP contribution in [0.25, 0.3) is 0 Å². The Morgan fingerprint density at radius 1 is 1.02 bits per heavy atom. The summed E-state index contributed by atoms with van der Waals surface area (Å²) < 4.78 is 69.8. The van der Waals surface area contributed by atoms with Gasteiger partial charge in [0.05, 0.1) is 18.8 Å². The third kappa shape index (κ3) is 10.5. The van der Waals surface area contributed by atoms with E-state index in [2.05, 4.69) is 24.5 Å². The topological polar surface area (TPSA) is 150 Å². The monoisotopic (exact) mass is 600 g/mol. The van der Waals surface area contributed by atoms with E-state index in [0.29, 0.717) is 10.6 Å². The predicted molar refractivity (Wildman–Crippen MR) is 141 cm³/mol. The molecule has 1 aromatic heterocycles. The van der Waals surface area contributed by atoms with E-state index in [-0.39, 0.29) is 30.7 Å². The highest BCUT2D eigenvalue weighted by Gasteiger charge is 2.29. The number of nitrogens with two attached hydrogens (primary N) is 1. The smallest absolute Gasteiger partial charge is 0.407 e. The molecule has 2 amide bonds. The zero-order valence-electron chi connectivity index (χ0n) is 21.2. The van der Waals surface area contributed by atoms with E-state index in [4.69, 9.17) is 5.14 Å². The van der Waals surface area contributed by atoms with Crippen molar-refractivity contribution < 1.29 is 40.1 Å². The number of methoxy groups -OCH3 is 1. The number of ether oxygens (including phenoxy) is 1. The van der Waals surface area contributed by atoms with Crippen molar-refractivity contribution in [3.63, 3.8) is 0 Å². The molecular formula is C25H27F3N4O6S2. The Hall–Kier alpha value is -3.69. The van der Waals surface area contributed by atoms with Crippen LogP contribution >= 0.6 is 11.3 Å². The summed E-state index contributed by atoms with van der Waals surface area (Å²) in [5, 5.41) is 12.1. The molecule has 0 bridgehead atoms. The number of rotatable bonds is 12. The van der Waals surface area contributed by atoms with Crippen LogP contribution in [0.5, 0.6) is 5.75 Å². The minimum Gasteiger partial charge on any atom is -0.453 e. The zero-order chi connectivity index (χ0) is 29.3. The maximum absolute atomic E-state index is 13.4. The van der Waals surface area contributed by atoms with Crippen LogP contribution in [-0.4, -0.2) is 44.7 Å². The molecule has 2 atom stereocenters. The second-order valence-corrected chi connectivity index (χ2v) is 10.7.